The summed E-state index contributed by atoms with van der Waals surface area (Å²) in [6.07, 6.45) is 4.80. The molecule has 0 aromatic carbocycles. The smallest absolute Gasteiger partial charge is 0.220 e. The van der Waals surface area contributed by atoms with E-state index in [1.54, 1.807) is 0 Å². The second-order valence-corrected chi connectivity index (χ2v) is 3.97. The Hall–Kier alpha value is -0.570. The third kappa shape index (κ3) is 4.88. The average molecular weight is 185 g/mol. The van der Waals surface area contributed by atoms with E-state index in [4.69, 9.17) is 5.11 Å². The molecule has 76 valence electrons. The molecule has 1 fully saturated rings. The number of hydrogen-bond donors (Lipinski definition) is 2. The summed E-state index contributed by atoms with van der Waals surface area (Å²) >= 11 is 0. The molecule has 0 heterocycles. The van der Waals surface area contributed by atoms with E-state index in [0.29, 0.717) is 18.9 Å². The zero-order chi connectivity index (χ0) is 9.68. The van der Waals surface area contributed by atoms with Crippen LogP contribution in [0.2, 0.25) is 0 Å². The van der Waals surface area contributed by atoms with E-state index in [-0.39, 0.29) is 12.5 Å². The van der Waals surface area contributed by atoms with Crippen molar-refractivity contribution in [3.8, 4) is 0 Å². The van der Waals surface area contributed by atoms with Crippen LogP contribution in [0.25, 0.3) is 0 Å². The van der Waals surface area contributed by atoms with Gasteiger partial charge in [-0.1, -0.05) is 12.8 Å². The Morgan fingerprint density at radius 2 is 2.31 bits per heavy atom. The Labute approximate surface area is 79.5 Å². The summed E-state index contributed by atoms with van der Waals surface area (Å²) in [4.78, 5) is 11.2. The number of hydrogen-bond acceptors (Lipinski definition) is 2. The van der Waals surface area contributed by atoms with Crippen LogP contribution in [-0.2, 0) is 4.79 Å². The van der Waals surface area contributed by atoms with Crippen LogP contribution in [0.1, 0.15) is 39.0 Å². The maximum Gasteiger partial charge on any atom is 0.220 e. The molecule has 1 atom stereocenters. The lowest BCUT2D eigenvalue weighted by Crippen LogP contribution is -2.32. The van der Waals surface area contributed by atoms with Gasteiger partial charge in [-0.2, -0.15) is 0 Å². The van der Waals surface area contributed by atoms with E-state index >= 15 is 0 Å². The zero-order valence-corrected chi connectivity index (χ0v) is 8.25. The molecular formula is C10H19NO2. The predicted octanol–water partition coefficient (Wildman–Crippen LogP) is 1.06. The molecule has 3 nitrogen and oxygen atoms in total. The summed E-state index contributed by atoms with van der Waals surface area (Å²) in [5.41, 5.74) is 0. The minimum atomic E-state index is 0.0715. The van der Waals surface area contributed by atoms with Crippen LogP contribution < -0.4 is 5.32 Å². The highest BCUT2D eigenvalue weighted by molar-refractivity contribution is 5.76. The first kappa shape index (κ1) is 10.5. The third-order valence-corrected chi connectivity index (χ3v) is 2.35. The standard InChI is InChI=1S/C10H19NO2/c1-8(7-9-4-5-9)11-10(13)3-2-6-12/h8-9,12H,2-7H2,1H3,(H,11,13). The van der Waals surface area contributed by atoms with Crippen LogP contribution >= 0.6 is 0 Å². The second-order valence-electron chi connectivity index (χ2n) is 3.97. The lowest BCUT2D eigenvalue weighted by molar-refractivity contribution is -0.122. The largest absolute Gasteiger partial charge is 0.396 e. The first-order valence-electron chi connectivity index (χ1n) is 5.12. The van der Waals surface area contributed by atoms with Crippen molar-refractivity contribution in [1.29, 1.82) is 0 Å². The topological polar surface area (TPSA) is 49.3 Å². The number of carbonyl (C=O) groups is 1. The fraction of sp³-hybridized carbons (Fsp3) is 0.900. The molecule has 1 amide bonds. The van der Waals surface area contributed by atoms with E-state index in [0.717, 1.165) is 12.3 Å². The van der Waals surface area contributed by atoms with Gasteiger partial charge in [0.1, 0.15) is 0 Å². The Morgan fingerprint density at radius 3 is 2.85 bits per heavy atom. The molecule has 1 rings (SSSR count). The van der Waals surface area contributed by atoms with Crippen molar-refractivity contribution in [1.82, 2.24) is 5.32 Å². The second kappa shape index (κ2) is 5.22. The van der Waals surface area contributed by atoms with Gasteiger partial charge in [0.05, 0.1) is 0 Å². The lowest BCUT2D eigenvalue weighted by Gasteiger charge is -2.12. The van der Waals surface area contributed by atoms with E-state index < -0.39 is 0 Å². The summed E-state index contributed by atoms with van der Waals surface area (Å²) in [5, 5.41) is 11.5. The fourth-order valence-electron chi connectivity index (χ4n) is 1.50. The molecule has 1 aliphatic carbocycles. The monoisotopic (exact) mass is 185 g/mol. The molecule has 0 aromatic heterocycles. The summed E-state index contributed by atoms with van der Waals surface area (Å²) in [5.74, 6) is 0.926. The number of amides is 1. The molecule has 1 unspecified atom stereocenters. The number of aliphatic hydroxyl groups excluding tert-OH is 1. The Bertz CT molecular complexity index is 166. The molecule has 0 bridgehead atoms. The molecule has 13 heavy (non-hydrogen) atoms. The molecule has 1 saturated carbocycles. The van der Waals surface area contributed by atoms with Crippen LogP contribution in [0.4, 0.5) is 0 Å². The molecule has 0 aliphatic heterocycles. The normalized spacial score (nSPS) is 18.3. The minimum Gasteiger partial charge on any atom is -0.396 e. The van der Waals surface area contributed by atoms with Crippen LogP contribution in [-0.4, -0.2) is 23.7 Å². The maximum atomic E-state index is 11.2. The Morgan fingerprint density at radius 1 is 1.62 bits per heavy atom. The molecule has 0 saturated heterocycles. The fourth-order valence-corrected chi connectivity index (χ4v) is 1.50. The summed E-state index contributed by atoms with van der Waals surface area (Å²) in [6, 6.07) is 0.304. The first-order chi connectivity index (χ1) is 6.22. The van der Waals surface area contributed by atoms with Gasteiger partial charge in [-0.25, -0.2) is 0 Å². The number of aliphatic hydroxyl groups is 1. The minimum absolute atomic E-state index is 0.0715. The van der Waals surface area contributed by atoms with E-state index in [2.05, 4.69) is 12.2 Å². The van der Waals surface area contributed by atoms with Crippen molar-refractivity contribution in [2.75, 3.05) is 6.61 Å². The van der Waals surface area contributed by atoms with Gasteiger partial charge in [0.2, 0.25) is 5.91 Å². The Balaban J connectivity index is 2.03. The highest BCUT2D eigenvalue weighted by atomic mass is 16.3. The van der Waals surface area contributed by atoms with Gasteiger partial charge in [0.15, 0.2) is 0 Å². The molecule has 1 aliphatic rings. The van der Waals surface area contributed by atoms with Crippen LogP contribution in [0.15, 0.2) is 0 Å². The quantitative estimate of drug-likeness (QED) is 0.650. The van der Waals surface area contributed by atoms with E-state index in [1.807, 2.05) is 0 Å². The lowest BCUT2D eigenvalue weighted by atomic mass is 10.1. The first-order valence-corrected chi connectivity index (χ1v) is 5.12. The van der Waals surface area contributed by atoms with Gasteiger partial charge in [0, 0.05) is 19.1 Å². The van der Waals surface area contributed by atoms with Gasteiger partial charge in [-0.15, -0.1) is 0 Å². The number of carbonyl (C=O) groups excluding carboxylic acids is 1. The van der Waals surface area contributed by atoms with Gasteiger partial charge in [-0.3, -0.25) is 4.79 Å². The third-order valence-electron chi connectivity index (χ3n) is 2.35. The maximum absolute atomic E-state index is 11.2. The predicted molar refractivity (Wildman–Crippen MR) is 51.3 cm³/mol. The van der Waals surface area contributed by atoms with Crippen molar-refractivity contribution in [3.05, 3.63) is 0 Å². The van der Waals surface area contributed by atoms with Crippen molar-refractivity contribution in [2.24, 2.45) is 5.92 Å². The molecule has 3 heteroatoms. The van der Waals surface area contributed by atoms with Crippen molar-refractivity contribution in [3.63, 3.8) is 0 Å². The van der Waals surface area contributed by atoms with Gasteiger partial charge in [-0.05, 0) is 25.7 Å². The Kier molecular flexibility index (Phi) is 4.22. The average Bonchev–Trinajstić information content (AvgIpc) is 2.84. The number of rotatable bonds is 6. The molecule has 0 radical (unpaired) electrons. The molecule has 0 spiro atoms. The molecular weight excluding hydrogens is 166 g/mol. The van der Waals surface area contributed by atoms with Gasteiger partial charge < -0.3 is 10.4 Å². The van der Waals surface area contributed by atoms with Crippen molar-refractivity contribution < 1.29 is 9.90 Å². The molecule has 0 aromatic rings. The molecule has 2 N–H and O–H groups in total. The summed E-state index contributed by atoms with van der Waals surface area (Å²) in [6.45, 7) is 2.15. The van der Waals surface area contributed by atoms with Crippen molar-refractivity contribution in [2.45, 2.75) is 45.1 Å². The van der Waals surface area contributed by atoms with Gasteiger partial charge in [0.25, 0.3) is 0 Å². The summed E-state index contributed by atoms with van der Waals surface area (Å²) in [7, 11) is 0. The van der Waals surface area contributed by atoms with E-state index in [1.165, 1.54) is 12.8 Å². The highest BCUT2D eigenvalue weighted by Gasteiger charge is 2.23. The van der Waals surface area contributed by atoms with Crippen LogP contribution in [0.5, 0.6) is 0 Å². The van der Waals surface area contributed by atoms with E-state index in [9.17, 15) is 4.79 Å². The SMILES string of the molecule is CC(CC1CC1)NC(=O)CCCO. The number of nitrogens with one attached hydrogen (secondary N) is 1. The van der Waals surface area contributed by atoms with Crippen molar-refractivity contribution >= 4 is 5.91 Å². The van der Waals surface area contributed by atoms with Gasteiger partial charge >= 0.3 is 0 Å². The highest BCUT2D eigenvalue weighted by Crippen LogP contribution is 2.33. The zero-order valence-electron chi connectivity index (χ0n) is 8.25. The summed E-state index contributed by atoms with van der Waals surface area (Å²) < 4.78 is 0. The van der Waals surface area contributed by atoms with Crippen LogP contribution in [0.3, 0.4) is 0 Å². The van der Waals surface area contributed by atoms with Crippen LogP contribution in [0, 0.1) is 5.92 Å².